The fourth-order valence-electron chi connectivity index (χ4n) is 2.76. The summed E-state index contributed by atoms with van der Waals surface area (Å²) in [7, 11) is 2.96. The lowest BCUT2D eigenvalue weighted by atomic mass is 10.2. The Morgan fingerprint density at radius 2 is 1.89 bits per heavy atom. The van der Waals surface area contributed by atoms with Crippen LogP contribution in [0.2, 0.25) is 5.02 Å². The second-order valence-electron chi connectivity index (χ2n) is 5.80. The first kappa shape index (κ1) is 18.7. The van der Waals surface area contributed by atoms with Gasteiger partial charge in [0.25, 0.3) is 5.56 Å². The highest BCUT2D eigenvalue weighted by atomic mass is 35.5. The maximum absolute atomic E-state index is 12.7. The van der Waals surface area contributed by atoms with Gasteiger partial charge in [0.15, 0.2) is 0 Å². The first-order valence-corrected chi connectivity index (χ1v) is 8.50. The van der Waals surface area contributed by atoms with Gasteiger partial charge in [-0.05, 0) is 25.1 Å². The number of nitrogens with zero attached hydrogens (tertiary/aromatic N) is 2. The second-order valence-corrected chi connectivity index (χ2v) is 6.21. The van der Waals surface area contributed by atoms with Crippen LogP contribution in [0.15, 0.2) is 41.2 Å². The van der Waals surface area contributed by atoms with Gasteiger partial charge in [-0.25, -0.2) is 4.98 Å². The Kier molecular flexibility index (Phi) is 5.32. The van der Waals surface area contributed by atoms with E-state index >= 15 is 0 Å². The van der Waals surface area contributed by atoms with Crippen LogP contribution in [0.1, 0.15) is 5.82 Å². The molecule has 1 amide bonds. The third-order valence-electron chi connectivity index (χ3n) is 4.10. The van der Waals surface area contributed by atoms with Crippen LogP contribution < -0.4 is 20.3 Å². The van der Waals surface area contributed by atoms with Crippen molar-refractivity contribution >= 4 is 34.1 Å². The van der Waals surface area contributed by atoms with E-state index in [1.54, 1.807) is 31.2 Å². The summed E-state index contributed by atoms with van der Waals surface area (Å²) in [6.07, 6.45) is 0. The molecule has 0 saturated heterocycles. The van der Waals surface area contributed by atoms with Crippen LogP contribution in [0.25, 0.3) is 10.9 Å². The van der Waals surface area contributed by atoms with E-state index in [-0.39, 0.29) is 12.1 Å². The Hall–Kier alpha value is -3.06. The van der Waals surface area contributed by atoms with E-state index in [2.05, 4.69) is 10.3 Å². The number of anilines is 1. The molecule has 3 aromatic rings. The molecule has 2 aromatic carbocycles. The Morgan fingerprint density at radius 3 is 2.59 bits per heavy atom. The molecule has 140 valence electrons. The summed E-state index contributed by atoms with van der Waals surface area (Å²) < 4.78 is 11.7. The zero-order chi connectivity index (χ0) is 19.6. The van der Waals surface area contributed by atoms with E-state index in [1.807, 2.05) is 6.07 Å². The van der Waals surface area contributed by atoms with Gasteiger partial charge in [0.05, 0.1) is 35.8 Å². The van der Waals surface area contributed by atoms with Gasteiger partial charge in [-0.2, -0.15) is 0 Å². The number of nitrogens with one attached hydrogen (secondary N) is 1. The molecule has 0 aliphatic heterocycles. The number of carbonyl (C=O) groups is 1. The highest BCUT2D eigenvalue weighted by molar-refractivity contribution is 6.32. The lowest BCUT2D eigenvalue weighted by Gasteiger charge is -2.14. The lowest BCUT2D eigenvalue weighted by molar-refractivity contribution is -0.116. The van der Waals surface area contributed by atoms with Gasteiger partial charge in [0, 0.05) is 6.07 Å². The molecule has 0 atom stereocenters. The van der Waals surface area contributed by atoms with Gasteiger partial charge in [0.1, 0.15) is 23.9 Å². The normalized spacial score (nSPS) is 10.7. The van der Waals surface area contributed by atoms with E-state index in [0.717, 1.165) is 0 Å². The molecule has 0 spiro atoms. The summed E-state index contributed by atoms with van der Waals surface area (Å²) in [6, 6.07) is 10.1. The quantitative estimate of drug-likeness (QED) is 0.727. The number of hydrogen-bond acceptors (Lipinski definition) is 5. The Balaban J connectivity index is 1.90. The van der Waals surface area contributed by atoms with Crippen molar-refractivity contribution in [3.05, 3.63) is 57.6 Å². The number of hydrogen-bond donors (Lipinski definition) is 1. The fourth-order valence-corrected chi connectivity index (χ4v) is 3.00. The van der Waals surface area contributed by atoms with Crippen LogP contribution in [0.4, 0.5) is 5.69 Å². The highest BCUT2D eigenvalue weighted by Gasteiger charge is 2.15. The first-order valence-electron chi connectivity index (χ1n) is 8.12. The number of rotatable bonds is 5. The SMILES string of the molecule is COc1cc(OC)c(NC(=O)Cn2c(C)nc3ccccc3c2=O)cc1Cl. The molecular formula is C19H18ClN3O4. The van der Waals surface area contributed by atoms with Crippen LogP contribution in [-0.2, 0) is 11.3 Å². The number of benzene rings is 2. The molecule has 0 saturated carbocycles. The molecule has 1 N–H and O–H groups in total. The van der Waals surface area contributed by atoms with Gasteiger partial charge >= 0.3 is 0 Å². The van der Waals surface area contributed by atoms with Gasteiger partial charge in [-0.1, -0.05) is 23.7 Å². The molecule has 1 heterocycles. The summed E-state index contributed by atoms with van der Waals surface area (Å²) in [6.45, 7) is 1.50. The summed E-state index contributed by atoms with van der Waals surface area (Å²) in [5, 5.41) is 3.50. The van der Waals surface area contributed by atoms with Crippen molar-refractivity contribution in [2.24, 2.45) is 0 Å². The predicted octanol–water partition coefficient (Wildman–Crippen LogP) is 3.01. The average molecular weight is 388 g/mol. The van der Waals surface area contributed by atoms with Crippen molar-refractivity contribution in [1.29, 1.82) is 0 Å². The molecule has 0 fully saturated rings. The van der Waals surface area contributed by atoms with Crippen molar-refractivity contribution in [2.45, 2.75) is 13.5 Å². The molecule has 0 radical (unpaired) electrons. The molecule has 0 aliphatic rings. The number of aryl methyl sites for hydroxylation is 1. The number of para-hydroxylation sites is 1. The fraction of sp³-hybridized carbons (Fsp3) is 0.211. The number of methoxy groups -OCH3 is 2. The highest BCUT2D eigenvalue weighted by Crippen LogP contribution is 2.35. The van der Waals surface area contributed by atoms with Crippen molar-refractivity contribution < 1.29 is 14.3 Å². The van der Waals surface area contributed by atoms with Crippen LogP contribution in [-0.4, -0.2) is 29.7 Å². The zero-order valence-corrected chi connectivity index (χ0v) is 15.8. The smallest absolute Gasteiger partial charge is 0.261 e. The number of amides is 1. The molecule has 8 heteroatoms. The van der Waals surface area contributed by atoms with Crippen LogP contribution >= 0.6 is 11.6 Å². The topological polar surface area (TPSA) is 82.4 Å². The molecule has 0 bridgehead atoms. The van der Waals surface area contributed by atoms with Gasteiger partial charge in [-0.15, -0.1) is 0 Å². The number of halogens is 1. The van der Waals surface area contributed by atoms with E-state index in [4.69, 9.17) is 21.1 Å². The molecule has 7 nitrogen and oxygen atoms in total. The maximum Gasteiger partial charge on any atom is 0.261 e. The van der Waals surface area contributed by atoms with Crippen molar-refractivity contribution in [3.8, 4) is 11.5 Å². The van der Waals surface area contributed by atoms with Gasteiger partial charge < -0.3 is 14.8 Å². The third kappa shape index (κ3) is 3.73. The maximum atomic E-state index is 12.7. The predicted molar refractivity (Wildman–Crippen MR) is 104 cm³/mol. The largest absolute Gasteiger partial charge is 0.495 e. The lowest BCUT2D eigenvalue weighted by Crippen LogP contribution is -2.30. The standard InChI is InChI=1S/C19H18ClN3O4/c1-11-21-14-7-5-4-6-12(14)19(25)23(11)10-18(24)22-15-8-13(20)16(26-2)9-17(15)27-3/h4-9H,10H2,1-3H3,(H,22,24). The van der Waals surface area contributed by atoms with Gasteiger partial charge in [0.2, 0.25) is 5.91 Å². The van der Waals surface area contributed by atoms with Crippen LogP contribution in [0.3, 0.4) is 0 Å². The third-order valence-corrected chi connectivity index (χ3v) is 4.40. The van der Waals surface area contributed by atoms with Gasteiger partial charge in [-0.3, -0.25) is 14.2 Å². The van der Waals surface area contributed by atoms with Crippen LogP contribution in [0, 0.1) is 6.92 Å². The van der Waals surface area contributed by atoms with Crippen molar-refractivity contribution in [3.63, 3.8) is 0 Å². The minimum absolute atomic E-state index is 0.185. The summed E-state index contributed by atoms with van der Waals surface area (Å²) >= 11 is 6.12. The zero-order valence-electron chi connectivity index (χ0n) is 15.1. The minimum atomic E-state index is -0.406. The van der Waals surface area contributed by atoms with Crippen molar-refractivity contribution in [2.75, 3.05) is 19.5 Å². The first-order chi connectivity index (χ1) is 12.9. The van der Waals surface area contributed by atoms with E-state index in [9.17, 15) is 9.59 Å². The van der Waals surface area contributed by atoms with Crippen LogP contribution in [0.5, 0.6) is 11.5 Å². The van der Waals surface area contributed by atoms with E-state index in [0.29, 0.717) is 38.9 Å². The Labute approximate surface area is 160 Å². The average Bonchev–Trinajstić information content (AvgIpc) is 2.65. The summed E-state index contributed by atoms with van der Waals surface area (Å²) in [4.78, 5) is 29.6. The monoisotopic (exact) mass is 387 g/mol. The number of fused-ring (bicyclic) bond motifs is 1. The molecule has 3 rings (SSSR count). The summed E-state index contributed by atoms with van der Waals surface area (Å²) in [5.41, 5.74) is 0.709. The molecule has 0 unspecified atom stereocenters. The minimum Gasteiger partial charge on any atom is -0.495 e. The number of aromatic nitrogens is 2. The van der Waals surface area contributed by atoms with E-state index < -0.39 is 5.91 Å². The summed E-state index contributed by atoms with van der Waals surface area (Å²) in [5.74, 6) is 0.869. The molecular weight excluding hydrogens is 370 g/mol. The second kappa shape index (κ2) is 7.67. The molecule has 27 heavy (non-hydrogen) atoms. The molecule has 1 aromatic heterocycles. The number of ether oxygens (including phenoxy) is 2. The Bertz CT molecular complexity index is 1080. The number of carbonyl (C=O) groups excluding carboxylic acids is 1. The Morgan fingerprint density at radius 1 is 1.19 bits per heavy atom. The van der Waals surface area contributed by atoms with Crippen molar-refractivity contribution in [1.82, 2.24) is 9.55 Å². The van der Waals surface area contributed by atoms with E-state index in [1.165, 1.54) is 24.9 Å². The molecule has 0 aliphatic carbocycles.